The molecule has 0 spiro atoms. The lowest BCUT2D eigenvalue weighted by Crippen LogP contribution is -2.39. The van der Waals surface area contributed by atoms with Gasteiger partial charge >= 0.3 is 5.97 Å². The van der Waals surface area contributed by atoms with Crippen LogP contribution in [0, 0.1) is 10.1 Å². The van der Waals surface area contributed by atoms with Crippen LogP contribution in [0.25, 0.3) is 17.4 Å². The molecule has 0 saturated heterocycles. The van der Waals surface area contributed by atoms with Gasteiger partial charge in [0.15, 0.2) is 4.80 Å². The van der Waals surface area contributed by atoms with Gasteiger partial charge in [0.05, 0.1) is 38.9 Å². The summed E-state index contributed by atoms with van der Waals surface area (Å²) in [4.78, 5) is 42.6. The van der Waals surface area contributed by atoms with Gasteiger partial charge in [-0.25, -0.2) is 9.79 Å². The van der Waals surface area contributed by atoms with E-state index in [4.69, 9.17) is 32.4 Å². The van der Waals surface area contributed by atoms with Gasteiger partial charge in [0, 0.05) is 22.2 Å². The van der Waals surface area contributed by atoms with Crippen LogP contribution in [-0.4, -0.2) is 22.1 Å². The van der Waals surface area contributed by atoms with Crippen molar-refractivity contribution < 1.29 is 18.9 Å². The van der Waals surface area contributed by atoms with Crippen LogP contribution in [0.3, 0.4) is 0 Å². The number of hydrogen-bond donors (Lipinski definition) is 0. The molecule has 0 amide bonds. The van der Waals surface area contributed by atoms with Crippen LogP contribution in [0.5, 0.6) is 0 Å². The van der Waals surface area contributed by atoms with Crippen molar-refractivity contribution in [2.24, 2.45) is 4.99 Å². The molecule has 3 heterocycles. The third-order valence-corrected chi connectivity index (χ3v) is 7.49. The minimum atomic E-state index is -0.774. The molecule has 9 nitrogen and oxygen atoms in total. The summed E-state index contributed by atoms with van der Waals surface area (Å²) in [5.41, 5.74) is 1.03. The zero-order chi connectivity index (χ0) is 27.8. The topological polar surface area (TPSA) is 117 Å². The number of carbonyl (C=O) groups is 1. The van der Waals surface area contributed by atoms with Crippen LogP contribution >= 0.6 is 34.5 Å². The Morgan fingerprint density at radius 2 is 1.90 bits per heavy atom. The second kappa shape index (κ2) is 10.6. The molecule has 0 N–H and O–H groups in total. The van der Waals surface area contributed by atoms with Gasteiger partial charge in [-0.1, -0.05) is 46.7 Å². The summed E-state index contributed by atoms with van der Waals surface area (Å²) in [5, 5.41) is 12.3. The number of fused-ring (bicyclic) bond motifs is 1. The molecule has 2 aromatic carbocycles. The summed E-state index contributed by atoms with van der Waals surface area (Å²) in [6.45, 7) is 3.57. The van der Waals surface area contributed by atoms with Gasteiger partial charge in [-0.3, -0.25) is 19.5 Å². The van der Waals surface area contributed by atoms with E-state index in [1.54, 1.807) is 50.2 Å². The molecular weight excluding hydrogens is 565 g/mol. The van der Waals surface area contributed by atoms with E-state index in [-0.39, 0.29) is 39.8 Å². The molecule has 0 fully saturated rings. The number of hydrogen-bond acceptors (Lipinski definition) is 8. The average molecular weight is 584 g/mol. The van der Waals surface area contributed by atoms with E-state index >= 15 is 0 Å². The Labute approximate surface area is 235 Å². The van der Waals surface area contributed by atoms with Crippen molar-refractivity contribution >= 4 is 52.3 Å². The highest BCUT2D eigenvalue weighted by Crippen LogP contribution is 2.34. The van der Waals surface area contributed by atoms with E-state index < -0.39 is 16.9 Å². The fourth-order valence-corrected chi connectivity index (χ4v) is 5.64. The van der Waals surface area contributed by atoms with Crippen LogP contribution in [0.1, 0.15) is 31.2 Å². The lowest BCUT2D eigenvalue weighted by molar-refractivity contribution is -0.384. The zero-order valence-electron chi connectivity index (χ0n) is 20.5. The summed E-state index contributed by atoms with van der Waals surface area (Å²) >= 11 is 13.1. The maximum absolute atomic E-state index is 13.7. The molecule has 0 unspecified atom stereocenters. The number of carbonyl (C=O) groups excluding carboxylic acids is 1. The molecule has 0 radical (unpaired) electrons. The highest BCUT2D eigenvalue weighted by Gasteiger charge is 2.33. The smallest absolute Gasteiger partial charge is 0.338 e. The third-order valence-electron chi connectivity index (χ3n) is 6.02. The fourth-order valence-electron chi connectivity index (χ4n) is 4.32. The number of rotatable bonds is 6. The Balaban J connectivity index is 1.63. The number of nitro benzene ring substituents is 1. The quantitative estimate of drug-likeness (QED) is 0.173. The van der Waals surface area contributed by atoms with Gasteiger partial charge in [0.2, 0.25) is 0 Å². The molecule has 0 aliphatic carbocycles. The number of aromatic nitrogens is 1. The van der Waals surface area contributed by atoms with Gasteiger partial charge in [-0.05, 0) is 55.8 Å². The van der Waals surface area contributed by atoms with Crippen molar-refractivity contribution in [2.75, 3.05) is 6.61 Å². The molecule has 1 aliphatic heterocycles. The third kappa shape index (κ3) is 5.06. The first-order valence-electron chi connectivity index (χ1n) is 11.7. The van der Waals surface area contributed by atoms with Gasteiger partial charge in [-0.15, -0.1) is 0 Å². The maximum Gasteiger partial charge on any atom is 0.338 e. The summed E-state index contributed by atoms with van der Waals surface area (Å²) < 4.78 is 12.9. The molecule has 5 rings (SSSR count). The molecule has 2 aromatic heterocycles. The second-order valence-electron chi connectivity index (χ2n) is 8.47. The largest absolute Gasteiger partial charge is 0.463 e. The normalized spacial score (nSPS) is 15.2. The Kier molecular flexibility index (Phi) is 7.26. The van der Waals surface area contributed by atoms with Gasteiger partial charge < -0.3 is 9.15 Å². The van der Waals surface area contributed by atoms with Crippen molar-refractivity contribution in [3.8, 4) is 11.3 Å². The van der Waals surface area contributed by atoms with Crippen LogP contribution in [-0.2, 0) is 9.53 Å². The number of nitro groups is 1. The average Bonchev–Trinajstić information content (AvgIpc) is 3.48. The Hall–Kier alpha value is -3.99. The number of furan rings is 1. The molecular formula is C27H19Cl2N3O6S. The maximum atomic E-state index is 13.7. The molecule has 0 bridgehead atoms. The van der Waals surface area contributed by atoms with Gasteiger partial charge in [0.1, 0.15) is 11.5 Å². The first-order chi connectivity index (χ1) is 18.7. The van der Waals surface area contributed by atoms with E-state index in [1.165, 1.54) is 28.8 Å². The monoisotopic (exact) mass is 583 g/mol. The van der Waals surface area contributed by atoms with Crippen LogP contribution < -0.4 is 14.9 Å². The summed E-state index contributed by atoms with van der Waals surface area (Å²) in [6, 6.07) is 13.6. The fraction of sp³-hybridized carbons (Fsp3) is 0.148. The number of allylic oxidation sites excluding steroid dienone is 1. The first-order valence-corrected chi connectivity index (χ1v) is 13.2. The molecule has 4 aromatic rings. The van der Waals surface area contributed by atoms with E-state index in [9.17, 15) is 19.7 Å². The molecule has 12 heteroatoms. The lowest BCUT2D eigenvalue weighted by Gasteiger charge is -2.24. The van der Waals surface area contributed by atoms with Crippen molar-refractivity contribution in [1.29, 1.82) is 0 Å². The Bertz CT molecular complexity index is 1840. The van der Waals surface area contributed by atoms with E-state index in [0.717, 1.165) is 11.3 Å². The zero-order valence-corrected chi connectivity index (χ0v) is 22.8. The predicted molar refractivity (Wildman–Crippen MR) is 148 cm³/mol. The Morgan fingerprint density at radius 1 is 1.18 bits per heavy atom. The SMILES string of the molecule is CCOC(=O)C1=C(C)N=c2sc(=Cc3ccc(-c4ccc(Cl)cc4[N+](=O)[O-])o3)c(=O)n2[C@@H]1c1ccc(Cl)cc1. The number of nitrogens with zero attached hydrogens (tertiary/aromatic N) is 3. The number of benzene rings is 2. The summed E-state index contributed by atoms with van der Waals surface area (Å²) in [6.07, 6.45) is 1.54. The number of ether oxygens (including phenoxy) is 1. The van der Waals surface area contributed by atoms with Crippen LogP contribution in [0.2, 0.25) is 10.0 Å². The molecule has 1 atom stereocenters. The minimum absolute atomic E-state index is 0.167. The van der Waals surface area contributed by atoms with Crippen molar-refractivity contribution in [1.82, 2.24) is 4.57 Å². The van der Waals surface area contributed by atoms with E-state index in [2.05, 4.69) is 4.99 Å². The second-order valence-corrected chi connectivity index (χ2v) is 10.4. The van der Waals surface area contributed by atoms with Crippen molar-refractivity contribution in [3.63, 3.8) is 0 Å². The highest BCUT2D eigenvalue weighted by molar-refractivity contribution is 7.07. The van der Waals surface area contributed by atoms with Crippen LogP contribution in [0.4, 0.5) is 5.69 Å². The minimum Gasteiger partial charge on any atom is -0.463 e. The van der Waals surface area contributed by atoms with Gasteiger partial charge in [0.25, 0.3) is 11.2 Å². The lowest BCUT2D eigenvalue weighted by atomic mass is 9.96. The standard InChI is InChI=1S/C27H19Cl2N3O6S/c1-3-37-26(34)23-14(2)30-27-31(24(23)15-4-6-16(28)7-5-15)25(33)22(39-27)13-18-9-11-21(38-18)19-10-8-17(29)12-20(19)32(35)36/h4-13,24H,3H2,1-2H3/t24-/m1/s1. The molecule has 198 valence electrons. The van der Waals surface area contributed by atoms with E-state index in [1.807, 2.05) is 0 Å². The summed E-state index contributed by atoms with van der Waals surface area (Å²) in [7, 11) is 0. The number of thiazole rings is 1. The molecule has 0 saturated carbocycles. The number of halogens is 2. The van der Waals surface area contributed by atoms with E-state index in [0.29, 0.717) is 31.4 Å². The number of esters is 1. The first kappa shape index (κ1) is 26.6. The highest BCUT2D eigenvalue weighted by atomic mass is 35.5. The molecule has 39 heavy (non-hydrogen) atoms. The van der Waals surface area contributed by atoms with Gasteiger partial charge in [-0.2, -0.15) is 0 Å². The predicted octanol–water partition coefficient (Wildman–Crippen LogP) is 5.27. The Morgan fingerprint density at radius 3 is 2.59 bits per heavy atom. The van der Waals surface area contributed by atoms with Crippen molar-refractivity contribution in [2.45, 2.75) is 19.9 Å². The van der Waals surface area contributed by atoms with Crippen LogP contribution in [0.15, 0.2) is 80.1 Å². The molecule has 1 aliphatic rings. The summed E-state index contributed by atoms with van der Waals surface area (Å²) in [5.74, 6) is -0.00558. The van der Waals surface area contributed by atoms with Crippen molar-refractivity contribution in [3.05, 3.63) is 117 Å².